The van der Waals surface area contributed by atoms with Gasteiger partial charge in [-0.2, -0.15) is 12.7 Å². The molecule has 1 N–H and O–H groups in total. The van der Waals surface area contributed by atoms with Gasteiger partial charge in [0.1, 0.15) is 5.75 Å². The number of likely N-dealkylation sites (N-methyl/N-ethyl adjacent to an activating group) is 1. The van der Waals surface area contributed by atoms with Crippen molar-refractivity contribution in [2.75, 3.05) is 40.3 Å². The molecular weight excluding hydrogens is 614 g/mol. The molecule has 5 fully saturated rings. The minimum absolute atomic E-state index is 0.0847. The van der Waals surface area contributed by atoms with Gasteiger partial charge < -0.3 is 19.1 Å². The predicted octanol–water partition coefficient (Wildman–Crippen LogP) is 4.45. The van der Waals surface area contributed by atoms with Gasteiger partial charge in [0.2, 0.25) is 5.91 Å². The van der Waals surface area contributed by atoms with Gasteiger partial charge >= 0.3 is 10.2 Å². The molecule has 2 amide bonds. The van der Waals surface area contributed by atoms with Gasteiger partial charge in [0.05, 0.1) is 18.2 Å². The number of nitrogens with zero attached hydrogens (tertiary/aromatic N) is 4. The maximum atomic E-state index is 14.8. The lowest BCUT2D eigenvalue weighted by Crippen LogP contribution is -2.70. The van der Waals surface area contributed by atoms with E-state index in [0.29, 0.717) is 31.1 Å². The average Bonchev–Trinajstić information content (AvgIpc) is 3.70. The summed E-state index contributed by atoms with van der Waals surface area (Å²) in [7, 11) is -0.0501. The first kappa shape index (κ1) is 29.7. The van der Waals surface area contributed by atoms with Crippen LogP contribution in [0.2, 0.25) is 0 Å². The first-order chi connectivity index (χ1) is 22.7. The maximum Gasteiger partial charge on any atom is 0.304 e. The van der Waals surface area contributed by atoms with Crippen LogP contribution in [0.5, 0.6) is 5.75 Å². The van der Waals surface area contributed by atoms with E-state index in [9.17, 15) is 18.0 Å². The van der Waals surface area contributed by atoms with Crippen molar-refractivity contribution < 1.29 is 22.7 Å². The number of nitrogens with one attached hydrogen (secondary N) is 1. The first-order valence-corrected chi connectivity index (χ1v) is 18.8. The van der Waals surface area contributed by atoms with Crippen molar-refractivity contribution in [2.24, 2.45) is 5.41 Å². The molecule has 248 valence electrons. The Morgan fingerprint density at radius 3 is 2.45 bits per heavy atom. The molecule has 11 heteroatoms. The summed E-state index contributed by atoms with van der Waals surface area (Å²) in [6, 6.07) is 12.5. The Balaban J connectivity index is 1.21. The molecule has 2 aromatic carbocycles. The summed E-state index contributed by atoms with van der Waals surface area (Å²) in [5, 5.41) is 1.10. The van der Waals surface area contributed by atoms with E-state index in [2.05, 4.69) is 38.3 Å². The fourth-order valence-electron chi connectivity index (χ4n) is 9.60. The van der Waals surface area contributed by atoms with Crippen LogP contribution in [0.15, 0.2) is 36.4 Å². The summed E-state index contributed by atoms with van der Waals surface area (Å²) in [6.07, 6.45) is 8.45. The summed E-state index contributed by atoms with van der Waals surface area (Å²) < 4.78 is 37.3. The Labute approximate surface area is 276 Å². The number of carbonyl (C=O) groups excluding carboxylic acids is 2. The highest BCUT2D eigenvalue weighted by Crippen LogP contribution is 2.67. The zero-order valence-electron chi connectivity index (χ0n) is 27.2. The quantitative estimate of drug-likeness (QED) is 0.421. The Morgan fingerprint density at radius 1 is 0.979 bits per heavy atom. The monoisotopic (exact) mass is 657 g/mol. The topological polar surface area (TPSA) is 104 Å². The maximum absolute atomic E-state index is 14.8. The molecule has 0 spiro atoms. The van der Waals surface area contributed by atoms with E-state index in [1.807, 2.05) is 18.2 Å². The summed E-state index contributed by atoms with van der Waals surface area (Å²) in [5.74, 6) is 0.886. The molecule has 3 saturated heterocycles. The molecule has 4 aliphatic heterocycles. The van der Waals surface area contributed by atoms with Gasteiger partial charge in [0.15, 0.2) is 0 Å². The van der Waals surface area contributed by atoms with Crippen molar-refractivity contribution in [3.05, 3.63) is 53.1 Å². The van der Waals surface area contributed by atoms with Crippen molar-refractivity contribution in [1.29, 1.82) is 0 Å². The zero-order chi connectivity index (χ0) is 32.2. The molecule has 10 nitrogen and oxygen atoms in total. The number of methoxy groups -OCH3 is 1. The number of ether oxygens (including phenoxy) is 1. The Morgan fingerprint density at radius 2 is 1.74 bits per heavy atom. The van der Waals surface area contributed by atoms with Gasteiger partial charge in [-0.05, 0) is 86.5 Å². The molecule has 2 saturated carbocycles. The lowest BCUT2D eigenvalue weighted by atomic mass is 9.81. The van der Waals surface area contributed by atoms with E-state index >= 15 is 0 Å². The number of aromatic nitrogens is 1. The van der Waals surface area contributed by atoms with E-state index in [-0.39, 0.29) is 23.9 Å². The number of amides is 2. The van der Waals surface area contributed by atoms with Crippen LogP contribution in [0.25, 0.3) is 22.2 Å². The third kappa shape index (κ3) is 4.45. The molecule has 6 aliphatic rings. The van der Waals surface area contributed by atoms with Gasteiger partial charge in [-0.25, -0.2) is 4.72 Å². The molecule has 1 aromatic heterocycles. The van der Waals surface area contributed by atoms with Crippen molar-refractivity contribution in [1.82, 2.24) is 23.4 Å². The highest BCUT2D eigenvalue weighted by molar-refractivity contribution is 7.87. The molecule has 47 heavy (non-hydrogen) atoms. The molecule has 0 radical (unpaired) electrons. The largest absolute Gasteiger partial charge is 0.497 e. The van der Waals surface area contributed by atoms with E-state index in [1.165, 1.54) is 34.7 Å². The van der Waals surface area contributed by atoms with Crippen LogP contribution in [-0.2, 0) is 21.5 Å². The van der Waals surface area contributed by atoms with Gasteiger partial charge in [0.25, 0.3) is 5.91 Å². The van der Waals surface area contributed by atoms with Crippen molar-refractivity contribution in [3.63, 3.8) is 0 Å². The van der Waals surface area contributed by atoms with Gasteiger partial charge in [-0.3, -0.25) is 9.59 Å². The van der Waals surface area contributed by atoms with Crippen molar-refractivity contribution in [3.8, 4) is 17.0 Å². The molecule has 2 aliphatic carbocycles. The molecule has 2 bridgehead atoms. The van der Waals surface area contributed by atoms with Crippen LogP contribution in [0, 0.1) is 5.41 Å². The fraction of sp³-hybridized carbons (Fsp3) is 0.556. The Bertz CT molecular complexity index is 1920. The number of benzene rings is 2. The molecule has 5 heterocycles. The second-order valence-corrected chi connectivity index (χ2v) is 16.6. The van der Waals surface area contributed by atoms with Crippen LogP contribution in [-0.4, -0.2) is 91.3 Å². The van der Waals surface area contributed by atoms with E-state index in [4.69, 9.17) is 4.74 Å². The lowest BCUT2D eigenvalue weighted by molar-refractivity contribution is -0.159. The van der Waals surface area contributed by atoms with Crippen LogP contribution >= 0.6 is 0 Å². The standard InChI is InChI=1S/C36H43N5O5S/c1-38-19-24-16-25(20-38)41(24)35(43)36-18-30(36)29-17-26(46-2)10-12-27(29)33-32(22-7-4-3-5-8-22)28-11-9-23(15-31(28)40(33)21-36)34(42)37-47(44,45)39-13-6-14-39/h9-12,15,17,22,24-25,30H,3-8,13-14,16,18-21H2,1-2H3,(H,37,42)/t24-,25+,30?,36?. The predicted molar refractivity (Wildman–Crippen MR) is 179 cm³/mol. The number of rotatable bonds is 6. The highest BCUT2D eigenvalue weighted by Gasteiger charge is 2.66. The smallest absolute Gasteiger partial charge is 0.304 e. The SMILES string of the molecule is COc1ccc2c(c1)C1CC1(C(=O)N1[C@@H]3C[C@H]1CN(C)C3)Cn1c-2c(C2CCCCC2)c2ccc(C(=O)NS(=O)(=O)N3CCC3)cc21. The van der Waals surface area contributed by atoms with Crippen LogP contribution in [0.4, 0.5) is 0 Å². The second-order valence-electron chi connectivity index (χ2n) is 14.9. The lowest BCUT2D eigenvalue weighted by Gasteiger charge is -2.56. The number of carbonyl (C=O) groups is 2. The molecule has 2 unspecified atom stereocenters. The average molecular weight is 658 g/mol. The number of piperidine rings is 1. The summed E-state index contributed by atoms with van der Waals surface area (Å²) in [6.45, 7) is 3.21. The third-order valence-electron chi connectivity index (χ3n) is 12.2. The fourth-order valence-corrected chi connectivity index (χ4v) is 10.8. The van der Waals surface area contributed by atoms with Crippen molar-refractivity contribution >= 4 is 32.9 Å². The first-order valence-electron chi connectivity index (χ1n) is 17.4. The van der Waals surface area contributed by atoms with Gasteiger partial charge in [-0.1, -0.05) is 25.3 Å². The number of likely N-dealkylation sites (tertiary alicyclic amines) is 2. The summed E-state index contributed by atoms with van der Waals surface area (Å²) in [4.78, 5) is 32.8. The van der Waals surface area contributed by atoms with E-state index in [0.717, 1.165) is 73.1 Å². The van der Waals surface area contributed by atoms with Crippen LogP contribution < -0.4 is 9.46 Å². The van der Waals surface area contributed by atoms with Crippen molar-refractivity contribution in [2.45, 2.75) is 81.8 Å². The normalized spacial score (nSPS) is 28.7. The Hall–Kier alpha value is -3.41. The number of fused-ring (bicyclic) bond motifs is 9. The summed E-state index contributed by atoms with van der Waals surface area (Å²) >= 11 is 0. The number of hydrogen-bond donors (Lipinski definition) is 1. The van der Waals surface area contributed by atoms with E-state index < -0.39 is 21.5 Å². The van der Waals surface area contributed by atoms with Gasteiger partial charge in [-0.15, -0.1) is 0 Å². The minimum atomic E-state index is -3.89. The summed E-state index contributed by atoms with van der Waals surface area (Å²) in [5.41, 5.74) is 5.42. The number of hydrogen-bond acceptors (Lipinski definition) is 6. The molecule has 4 atom stereocenters. The zero-order valence-corrected chi connectivity index (χ0v) is 28.0. The molecular formula is C36H43N5O5S. The van der Waals surface area contributed by atoms with Crippen LogP contribution in [0.1, 0.15) is 84.7 Å². The third-order valence-corrected chi connectivity index (χ3v) is 13.7. The molecule has 9 rings (SSSR count). The number of piperazine rings is 1. The van der Waals surface area contributed by atoms with Gasteiger partial charge in [0, 0.05) is 72.8 Å². The molecule has 3 aromatic rings. The van der Waals surface area contributed by atoms with E-state index in [1.54, 1.807) is 13.2 Å². The highest BCUT2D eigenvalue weighted by atomic mass is 32.2. The second kappa shape index (κ2) is 10.5. The Kier molecular flexibility index (Phi) is 6.66. The minimum Gasteiger partial charge on any atom is -0.497 e. The van der Waals surface area contributed by atoms with Crippen LogP contribution in [0.3, 0.4) is 0 Å².